The Morgan fingerprint density at radius 3 is 2.19 bits per heavy atom. The van der Waals surface area contributed by atoms with Gasteiger partial charge in [0.25, 0.3) is 0 Å². The van der Waals surface area contributed by atoms with Crippen LogP contribution in [0.15, 0.2) is 35.3 Å². The van der Waals surface area contributed by atoms with E-state index >= 15 is 0 Å². The van der Waals surface area contributed by atoms with E-state index in [1.807, 2.05) is 37.3 Å². The van der Waals surface area contributed by atoms with Crippen LogP contribution in [-0.4, -0.2) is 9.63 Å². The van der Waals surface area contributed by atoms with E-state index in [9.17, 15) is 0 Å². The summed E-state index contributed by atoms with van der Waals surface area (Å²) in [6, 6.07) is 9.54. The summed E-state index contributed by atoms with van der Waals surface area (Å²) in [5, 5.41) is 0. The zero-order chi connectivity index (χ0) is 11.5. The van der Waals surface area contributed by atoms with Gasteiger partial charge in [-0.2, -0.15) is 0 Å². The first kappa shape index (κ1) is 15.9. The van der Waals surface area contributed by atoms with Gasteiger partial charge in [-0.1, -0.05) is 65.1 Å². The van der Waals surface area contributed by atoms with Crippen LogP contribution in [0.1, 0.15) is 18.5 Å². The van der Waals surface area contributed by atoms with E-state index in [0.29, 0.717) is 0 Å². The van der Waals surface area contributed by atoms with Crippen molar-refractivity contribution in [2.45, 2.75) is 16.8 Å². The molecule has 0 radical (unpaired) electrons. The zero-order valence-corrected chi connectivity index (χ0v) is 11.6. The molecule has 0 saturated carbocycles. The Bertz CT molecular complexity index is 346. The molecule has 0 aromatic heterocycles. The molecule has 0 unspecified atom stereocenters. The van der Waals surface area contributed by atoms with Gasteiger partial charge in [-0.15, -0.1) is 12.4 Å². The van der Waals surface area contributed by atoms with Crippen molar-refractivity contribution in [3.8, 4) is 0 Å². The zero-order valence-electron chi connectivity index (χ0n) is 8.53. The Labute approximate surface area is 116 Å². The van der Waals surface area contributed by atoms with Gasteiger partial charge in [0, 0.05) is 0 Å². The monoisotopic (exact) mass is 300 g/mol. The lowest BCUT2D eigenvalue weighted by atomic mass is 10.1. The summed E-state index contributed by atoms with van der Waals surface area (Å²) in [5.41, 5.74) is 6.57. The quantitative estimate of drug-likeness (QED) is 0.502. The summed E-state index contributed by atoms with van der Waals surface area (Å²) in [6.07, 6.45) is 0. The highest BCUT2D eigenvalue weighted by molar-refractivity contribution is 6.76. The number of nitrogens with two attached hydrogens (primary N) is 1. The first-order chi connectivity index (χ1) is 6.91. The molecule has 1 aromatic rings. The molecule has 90 valence electrons. The molecule has 0 aliphatic rings. The number of amidine groups is 1. The molecule has 1 atom stereocenters. The van der Waals surface area contributed by atoms with Crippen molar-refractivity contribution < 1.29 is 0 Å². The Hall–Kier alpha value is -0.150. The summed E-state index contributed by atoms with van der Waals surface area (Å²) < 4.78 is -1.64. The van der Waals surface area contributed by atoms with Crippen LogP contribution in [0.2, 0.25) is 0 Å². The molecule has 0 aliphatic heterocycles. The third-order valence-corrected chi connectivity index (χ3v) is 2.49. The maximum Gasteiger partial charge on any atom is 0.247 e. The third-order valence-electron chi connectivity index (χ3n) is 1.91. The van der Waals surface area contributed by atoms with E-state index in [0.717, 1.165) is 5.56 Å². The topological polar surface area (TPSA) is 38.4 Å². The minimum Gasteiger partial charge on any atom is -0.384 e. The maximum absolute atomic E-state index is 5.59. The molecular formula is C10H12Cl4N2. The van der Waals surface area contributed by atoms with E-state index in [1.54, 1.807) is 0 Å². The fraction of sp³-hybridized carbons (Fsp3) is 0.300. The number of hydrogen-bond acceptors (Lipinski definition) is 1. The first-order valence-corrected chi connectivity index (χ1v) is 5.50. The Kier molecular flexibility index (Phi) is 6.49. The van der Waals surface area contributed by atoms with Crippen molar-refractivity contribution in [3.63, 3.8) is 0 Å². The van der Waals surface area contributed by atoms with Gasteiger partial charge in [0.05, 0.1) is 6.04 Å². The average Bonchev–Trinajstić information content (AvgIpc) is 2.17. The summed E-state index contributed by atoms with van der Waals surface area (Å²) in [6.45, 7) is 1.89. The Balaban J connectivity index is 0.00000225. The van der Waals surface area contributed by atoms with Crippen LogP contribution in [0.4, 0.5) is 0 Å². The highest BCUT2D eigenvalue weighted by atomic mass is 35.6. The second-order valence-corrected chi connectivity index (χ2v) is 5.38. The molecule has 0 fully saturated rings. The normalized spacial score (nSPS) is 14.1. The summed E-state index contributed by atoms with van der Waals surface area (Å²) in [5.74, 6) is 0.00357. The van der Waals surface area contributed by atoms with Crippen LogP contribution in [0, 0.1) is 0 Å². The van der Waals surface area contributed by atoms with Gasteiger partial charge in [-0.25, -0.2) is 0 Å². The number of rotatable bonds is 2. The molecule has 2 N–H and O–H groups in total. The van der Waals surface area contributed by atoms with Crippen molar-refractivity contribution >= 4 is 53.0 Å². The van der Waals surface area contributed by atoms with Crippen molar-refractivity contribution in [1.82, 2.24) is 0 Å². The largest absolute Gasteiger partial charge is 0.384 e. The van der Waals surface area contributed by atoms with E-state index < -0.39 is 3.79 Å². The van der Waals surface area contributed by atoms with Crippen molar-refractivity contribution in [1.29, 1.82) is 0 Å². The Morgan fingerprint density at radius 2 is 1.75 bits per heavy atom. The van der Waals surface area contributed by atoms with Gasteiger partial charge in [0.2, 0.25) is 3.79 Å². The lowest BCUT2D eigenvalue weighted by Crippen LogP contribution is -2.28. The second kappa shape index (κ2) is 6.55. The first-order valence-electron chi connectivity index (χ1n) is 4.36. The van der Waals surface area contributed by atoms with Crippen LogP contribution < -0.4 is 5.73 Å². The summed E-state index contributed by atoms with van der Waals surface area (Å²) >= 11 is 16.8. The number of benzene rings is 1. The average molecular weight is 302 g/mol. The lowest BCUT2D eigenvalue weighted by molar-refractivity contribution is 0.815. The molecular weight excluding hydrogens is 290 g/mol. The number of halogens is 4. The van der Waals surface area contributed by atoms with Crippen molar-refractivity contribution in [3.05, 3.63) is 35.9 Å². The lowest BCUT2D eigenvalue weighted by Gasteiger charge is -2.13. The maximum atomic E-state index is 5.59. The fourth-order valence-electron chi connectivity index (χ4n) is 1.09. The van der Waals surface area contributed by atoms with Gasteiger partial charge in [0.1, 0.15) is 5.84 Å². The number of hydrogen-bond donors (Lipinski definition) is 1. The fourth-order valence-corrected chi connectivity index (χ4v) is 1.23. The van der Waals surface area contributed by atoms with Crippen LogP contribution >= 0.6 is 47.2 Å². The number of aliphatic imine (C=N–C) groups is 1. The van der Waals surface area contributed by atoms with Crippen molar-refractivity contribution in [2.24, 2.45) is 10.7 Å². The van der Waals surface area contributed by atoms with E-state index in [4.69, 9.17) is 40.5 Å². The highest BCUT2D eigenvalue weighted by Gasteiger charge is 2.25. The number of nitrogens with zero attached hydrogens (tertiary/aromatic N) is 1. The van der Waals surface area contributed by atoms with E-state index in [-0.39, 0.29) is 24.3 Å². The van der Waals surface area contributed by atoms with Gasteiger partial charge >= 0.3 is 0 Å². The molecule has 0 saturated heterocycles. The molecule has 0 aliphatic carbocycles. The molecule has 0 spiro atoms. The van der Waals surface area contributed by atoms with Crippen molar-refractivity contribution in [2.75, 3.05) is 0 Å². The standard InChI is InChI=1S/C10H11Cl3N2.ClH/c1-7(8-5-3-2-4-6-8)15-9(14)10(11,12)13;/h2-7H,1H3,(H2,14,15);1H/t7-;/m0./s1. The molecule has 16 heavy (non-hydrogen) atoms. The SMILES string of the molecule is C[C@H](N=C(N)C(Cl)(Cl)Cl)c1ccccc1.Cl. The molecule has 2 nitrogen and oxygen atoms in total. The molecule has 6 heteroatoms. The summed E-state index contributed by atoms with van der Waals surface area (Å²) in [7, 11) is 0. The molecule has 0 bridgehead atoms. The number of alkyl halides is 3. The van der Waals surface area contributed by atoms with Crippen LogP contribution in [0.3, 0.4) is 0 Å². The van der Waals surface area contributed by atoms with E-state index in [2.05, 4.69) is 4.99 Å². The van der Waals surface area contributed by atoms with E-state index in [1.165, 1.54) is 0 Å². The minimum absolute atomic E-state index is 0. The molecule has 0 heterocycles. The van der Waals surface area contributed by atoms with Crippen LogP contribution in [-0.2, 0) is 0 Å². The minimum atomic E-state index is -1.64. The Morgan fingerprint density at radius 1 is 1.25 bits per heavy atom. The molecule has 0 amide bonds. The van der Waals surface area contributed by atoms with Gasteiger partial charge in [0.15, 0.2) is 0 Å². The predicted octanol–water partition coefficient (Wildman–Crippen LogP) is 3.90. The van der Waals surface area contributed by atoms with Gasteiger partial charge in [-0.05, 0) is 12.5 Å². The third kappa shape index (κ3) is 4.79. The second-order valence-electron chi connectivity index (χ2n) is 3.10. The molecule has 1 aromatic carbocycles. The predicted molar refractivity (Wildman–Crippen MR) is 74.0 cm³/mol. The molecule has 1 rings (SSSR count). The van der Waals surface area contributed by atoms with Gasteiger partial charge < -0.3 is 5.73 Å². The van der Waals surface area contributed by atoms with Crippen LogP contribution in [0.25, 0.3) is 0 Å². The smallest absolute Gasteiger partial charge is 0.247 e. The summed E-state index contributed by atoms with van der Waals surface area (Å²) in [4.78, 5) is 4.12. The van der Waals surface area contributed by atoms with Crippen LogP contribution in [0.5, 0.6) is 0 Å². The highest BCUT2D eigenvalue weighted by Crippen LogP contribution is 2.28. The van der Waals surface area contributed by atoms with Gasteiger partial charge in [-0.3, -0.25) is 4.99 Å².